The third-order valence-electron chi connectivity index (χ3n) is 4.71. The molecule has 1 saturated heterocycles. The number of thioether (sulfide) groups is 1. The Morgan fingerprint density at radius 1 is 1.17 bits per heavy atom. The number of nitrogens with zero attached hydrogens (tertiary/aromatic N) is 2. The molecule has 1 aliphatic heterocycles. The molecular weight excluding hydrogens is 468 g/mol. The first kappa shape index (κ1) is 20.2. The van der Waals surface area contributed by atoms with Crippen molar-refractivity contribution in [3.63, 3.8) is 0 Å². The van der Waals surface area contributed by atoms with E-state index in [4.69, 9.17) is 17.0 Å². The van der Waals surface area contributed by atoms with Crippen molar-refractivity contribution in [3.8, 4) is 5.75 Å². The molecule has 0 unspecified atom stereocenters. The zero-order valence-corrected chi connectivity index (χ0v) is 19.0. The molecule has 3 aromatic rings. The van der Waals surface area contributed by atoms with E-state index in [2.05, 4.69) is 38.8 Å². The minimum atomic E-state index is -0.0158. The fourth-order valence-corrected chi connectivity index (χ4v) is 4.92. The fourth-order valence-electron chi connectivity index (χ4n) is 3.28. The van der Waals surface area contributed by atoms with Gasteiger partial charge in [-0.1, -0.05) is 58.1 Å². The van der Waals surface area contributed by atoms with E-state index in [-0.39, 0.29) is 5.91 Å². The first-order valence-electron chi connectivity index (χ1n) is 9.28. The average molecular weight is 487 g/mol. The van der Waals surface area contributed by atoms with Crippen molar-refractivity contribution in [2.75, 3.05) is 13.2 Å². The lowest BCUT2D eigenvalue weighted by molar-refractivity contribution is -0.121. The first-order valence-corrected chi connectivity index (χ1v) is 11.3. The van der Waals surface area contributed by atoms with E-state index in [0.29, 0.717) is 28.9 Å². The second-order valence-electron chi connectivity index (χ2n) is 6.52. The van der Waals surface area contributed by atoms with Gasteiger partial charge in [0.1, 0.15) is 16.7 Å². The summed E-state index contributed by atoms with van der Waals surface area (Å²) in [6, 6.07) is 16.0. The van der Waals surface area contributed by atoms with E-state index in [0.717, 1.165) is 26.7 Å². The number of rotatable bonds is 6. The van der Waals surface area contributed by atoms with Crippen molar-refractivity contribution in [2.24, 2.45) is 0 Å². The predicted octanol–water partition coefficient (Wildman–Crippen LogP) is 5.70. The molecule has 148 valence electrons. The van der Waals surface area contributed by atoms with Crippen molar-refractivity contribution in [1.82, 2.24) is 9.47 Å². The van der Waals surface area contributed by atoms with Crippen LogP contribution in [0.3, 0.4) is 0 Å². The molecule has 4 rings (SSSR count). The minimum Gasteiger partial charge on any atom is -0.492 e. The molecule has 1 aromatic heterocycles. The summed E-state index contributed by atoms with van der Waals surface area (Å²) in [7, 11) is 0. The van der Waals surface area contributed by atoms with Gasteiger partial charge >= 0.3 is 0 Å². The Bertz CT molecular complexity index is 1110. The fraction of sp³-hybridized carbons (Fsp3) is 0.182. The summed E-state index contributed by atoms with van der Waals surface area (Å²) in [4.78, 5) is 14.9. The number of amides is 1. The number of halogens is 1. The molecule has 0 atom stereocenters. The number of likely N-dealkylation sites (N-methyl/N-ethyl adjacent to an activating group) is 1. The van der Waals surface area contributed by atoms with Gasteiger partial charge < -0.3 is 9.30 Å². The largest absolute Gasteiger partial charge is 0.492 e. The summed E-state index contributed by atoms with van der Waals surface area (Å²) in [5.74, 6) is 0.825. The molecule has 2 heterocycles. The van der Waals surface area contributed by atoms with Crippen molar-refractivity contribution < 1.29 is 9.53 Å². The van der Waals surface area contributed by atoms with E-state index in [9.17, 15) is 4.79 Å². The van der Waals surface area contributed by atoms with Gasteiger partial charge in [-0.05, 0) is 43.3 Å². The molecule has 0 spiro atoms. The number of hydrogen-bond donors (Lipinski definition) is 0. The van der Waals surface area contributed by atoms with Crippen LogP contribution in [0.15, 0.2) is 64.1 Å². The van der Waals surface area contributed by atoms with Crippen molar-refractivity contribution >= 4 is 67.1 Å². The predicted molar refractivity (Wildman–Crippen MR) is 127 cm³/mol. The Morgan fingerprint density at radius 3 is 2.66 bits per heavy atom. The van der Waals surface area contributed by atoms with Crippen molar-refractivity contribution in [3.05, 3.63) is 69.7 Å². The van der Waals surface area contributed by atoms with E-state index in [1.54, 1.807) is 4.90 Å². The lowest BCUT2D eigenvalue weighted by Gasteiger charge is -2.09. The molecule has 29 heavy (non-hydrogen) atoms. The van der Waals surface area contributed by atoms with E-state index >= 15 is 0 Å². The van der Waals surface area contributed by atoms with Crippen LogP contribution in [0.4, 0.5) is 0 Å². The summed E-state index contributed by atoms with van der Waals surface area (Å²) >= 11 is 10.1. The standard InChI is InChI=1S/C22H19BrN2O2S2/c1-2-25-21(26)20(29-22(25)28)13-15-14-24(19-6-4-3-5-18(15)19)11-12-27-17-9-7-16(23)8-10-17/h3-10,13-14H,2,11-12H2,1H3/b20-13-. The van der Waals surface area contributed by atoms with Gasteiger partial charge in [0.25, 0.3) is 5.91 Å². The Balaban J connectivity index is 1.57. The van der Waals surface area contributed by atoms with Crippen LogP contribution < -0.4 is 4.74 Å². The smallest absolute Gasteiger partial charge is 0.266 e. The normalized spacial score (nSPS) is 15.7. The molecule has 1 amide bonds. The molecule has 0 N–H and O–H groups in total. The second kappa shape index (κ2) is 8.73. The Morgan fingerprint density at radius 2 is 1.93 bits per heavy atom. The van der Waals surface area contributed by atoms with Gasteiger partial charge in [0, 0.05) is 33.7 Å². The van der Waals surface area contributed by atoms with Gasteiger partial charge in [-0.15, -0.1) is 0 Å². The lowest BCUT2D eigenvalue weighted by atomic mass is 10.1. The molecule has 1 aliphatic rings. The molecule has 0 saturated carbocycles. The van der Waals surface area contributed by atoms with Crippen LogP contribution in [0, 0.1) is 0 Å². The number of aromatic nitrogens is 1. The topological polar surface area (TPSA) is 34.5 Å². The van der Waals surface area contributed by atoms with Crippen LogP contribution in [0.2, 0.25) is 0 Å². The summed E-state index contributed by atoms with van der Waals surface area (Å²) in [6.45, 7) is 3.79. The van der Waals surface area contributed by atoms with Crippen LogP contribution in [0.25, 0.3) is 17.0 Å². The van der Waals surface area contributed by atoms with Gasteiger partial charge in [-0.2, -0.15) is 0 Å². The second-order valence-corrected chi connectivity index (χ2v) is 9.11. The van der Waals surface area contributed by atoms with Gasteiger partial charge in [0.15, 0.2) is 0 Å². The molecule has 4 nitrogen and oxygen atoms in total. The molecular formula is C22H19BrN2O2S2. The van der Waals surface area contributed by atoms with Crippen LogP contribution in [-0.2, 0) is 11.3 Å². The highest BCUT2D eigenvalue weighted by atomic mass is 79.9. The van der Waals surface area contributed by atoms with E-state index < -0.39 is 0 Å². The van der Waals surface area contributed by atoms with Gasteiger partial charge in [-0.25, -0.2) is 0 Å². The maximum atomic E-state index is 12.6. The molecule has 2 aromatic carbocycles. The summed E-state index contributed by atoms with van der Waals surface area (Å²) in [6.07, 6.45) is 4.03. The summed E-state index contributed by atoms with van der Waals surface area (Å²) < 4.78 is 9.69. The minimum absolute atomic E-state index is 0.0158. The highest BCUT2D eigenvalue weighted by Gasteiger charge is 2.30. The van der Waals surface area contributed by atoms with E-state index in [1.807, 2.05) is 49.4 Å². The molecule has 0 aliphatic carbocycles. The SMILES string of the molecule is CCN1C(=O)/C(=C/c2cn(CCOc3ccc(Br)cc3)c3ccccc23)SC1=S. The number of carbonyl (C=O) groups excluding carboxylic acids is 1. The number of para-hydroxylation sites is 1. The van der Waals surface area contributed by atoms with E-state index in [1.165, 1.54) is 11.8 Å². The number of ether oxygens (including phenoxy) is 1. The average Bonchev–Trinajstić information content (AvgIpc) is 3.20. The maximum absolute atomic E-state index is 12.6. The molecule has 0 bridgehead atoms. The first-order chi connectivity index (χ1) is 14.1. The summed E-state index contributed by atoms with van der Waals surface area (Å²) in [5.41, 5.74) is 2.13. The zero-order valence-electron chi connectivity index (χ0n) is 15.8. The van der Waals surface area contributed by atoms with Gasteiger partial charge in [0.2, 0.25) is 0 Å². The Hall–Kier alpha value is -2.09. The molecule has 0 radical (unpaired) electrons. The molecule has 7 heteroatoms. The Kier molecular flexibility index (Phi) is 6.08. The van der Waals surface area contributed by atoms with Gasteiger partial charge in [-0.3, -0.25) is 9.69 Å². The quantitative estimate of drug-likeness (QED) is 0.330. The van der Waals surface area contributed by atoms with Crippen LogP contribution in [0.5, 0.6) is 5.75 Å². The maximum Gasteiger partial charge on any atom is 0.266 e. The summed E-state index contributed by atoms with van der Waals surface area (Å²) in [5, 5.41) is 1.11. The highest BCUT2D eigenvalue weighted by Crippen LogP contribution is 2.34. The zero-order chi connectivity index (χ0) is 20.4. The van der Waals surface area contributed by atoms with Crippen molar-refractivity contribution in [1.29, 1.82) is 0 Å². The third kappa shape index (κ3) is 4.27. The monoisotopic (exact) mass is 486 g/mol. The Labute approximate surface area is 187 Å². The van der Waals surface area contributed by atoms with Crippen LogP contribution >= 0.6 is 39.9 Å². The van der Waals surface area contributed by atoms with Crippen LogP contribution in [-0.4, -0.2) is 32.8 Å². The lowest BCUT2D eigenvalue weighted by Crippen LogP contribution is -2.27. The number of fused-ring (bicyclic) bond motifs is 1. The highest BCUT2D eigenvalue weighted by molar-refractivity contribution is 9.10. The number of hydrogen-bond acceptors (Lipinski definition) is 4. The number of thiocarbonyl (C=S) groups is 1. The number of benzene rings is 2. The van der Waals surface area contributed by atoms with Crippen LogP contribution in [0.1, 0.15) is 12.5 Å². The van der Waals surface area contributed by atoms with Gasteiger partial charge in [0.05, 0.1) is 11.4 Å². The molecule has 1 fully saturated rings. The third-order valence-corrected chi connectivity index (χ3v) is 6.62. The number of carbonyl (C=O) groups is 1. The van der Waals surface area contributed by atoms with Crippen molar-refractivity contribution in [2.45, 2.75) is 13.5 Å².